The van der Waals surface area contributed by atoms with Crippen LogP contribution in [-0.4, -0.2) is 40.0 Å². The van der Waals surface area contributed by atoms with Crippen LogP contribution in [0.1, 0.15) is 53.6 Å². The van der Waals surface area contributed by atoms with Crippen molar-refractivity contribution in [3.63, 3.8) is 0 Å². The summed E-state index contributed by atoms with van der Waals surface area (Å²) in [5, 5.41) is 2.86. The third kappa shape index (κ3) is 4.87. The number of nitrogens with one attached hydrogen (secondary N) is 1. The number of carbonyl (C=O) groups is 1. The third-order valence-corrected chi connectivity index (χ3v) is 5.43. The molecule has 0 aromatic carbocycles. The van der Waals surface area contributed by atoms with Crippen molar-refractivity contribution in [2.24, 2.45) is 0 Å². The zero-order valence-electron chi connectivity index (χ0n) is 16.9. The molecule has 1 N–H and O–H groups in total. The number of piperidine rings is 1. The van der Waals surface area contributed by atoms with Crippen molar-refractivity contribution >= 4 is 5.91 Å². The molecule has 1 saturated heterocycles. The highest BCUT2D eigenvalue weighted by atomic mass is 16.2. The molecule has 28 heavy (non-hydrogen) atoms. The van der Waals surface area contributed by atoms with E-state index in [1.807, 2.05) is 32.0 Å². The molecule has 0 atom stereocenters. The molecule has 0 bridgehead atoms. The first-order valence-corrected chi connectivity index (χ1v) is 10.2. The average molecular weight is 383 g/mol. The Bertz CT molecular complexity index is 855. The van der Waals surface area contributed by atoms with Gasteiger partial charge in [0.25, 0.3) is 5.91 Å². The van der Waals surface area contributed by atoms with Crippen molar-refractivity contribution in [3.8, 4) is 0 Å². The average Bonchev–Trinajstić information content (AvgIpc) is 2.72. The van der Waals surface area contributed by atoms with Crippen molar-refractivity contribution in [1.82, 2.24) is 19.8 Å². The van der Waals surface area contributed by atoms with Crippen LogP contribution in [0, 0.1) is 6.92 Å². The molecule has 2 aromatic rings. The first kappa shape index (κ1) is 20.3. The van der Waals surface area contributed by atoms with Crippen molar-refractivity contribution < 1.29 is 4.79 Å². The van der Waals surface area contributed by atoms with Gasteiger partial charge in [-0.2, -0.15) is 0 Å². The lowest BCUT2D eigenvalue weighted by molar-refractivity contribution is 0.0947. The first-order chi connectivity index (χ1) is 13.6. The Hall–Kier alpha value is -2.47. The van der Waals surface area contributed by atoms with Crippen LogP contribution in [0.4, 0.5) is 0 Å². The van der Waals surface area contributed by atoms with E-state index >= 15 is 0 Å². The summed E-state index contributed by atoms with van der Waals surface area (Å²) in [6, 6.07) is 7.16. The van der Waals surface area contributed by atoms with E-state index in [-0.39, 0.29) is 16.9 Å². The number of aryl methyl sites for hydroxylation is 1. The van der Waals surface area contributed by atoms with Crippen LogP contribution >= 0.6 is 0 Å². The number of amides is 1. The van der Waals surface area contributed by atoms with Crippen molar-refractivity contribution in [1.29, 1.82) is 0 Å². The quantitative estimate of drug-likeness (QED) is 0.799. The van der Waals surface area contributed by atoms with Crippen molar-refractivity contribution in [2.45, 2.75) is 52.6 Å². The summed E-state index contributed by atoms with van der Waals surface area (Å²) in [6.07, 6.45) is 6.16. The molecular formula is C22H30N4O2. The highest BCUT2D eigenvalue weighted by Gasteiger charge is 2.20. The summed E-state index contributed by atoms with van der Waals surface area (Å²) in [5.41, 5.74) is 2.57. The van der Waals surface area contributed by atoms with Gasteiger partial charge in [-0.25, -0.2) is 0 Å². The molecule has 1 aliphatic rings. The van der Waals surface area contributed by atoms with Gasteiger partial charge in [0.2, 0.25) is 0 Å². The number of aromatic nitrogens is 2. The molecule has 0 radical (unpaired) electrons. The maximum absolute atomic E-state index is 12.8. The largest absolute Gasteiger partial charge is 0.347 e. The first-order valence-electron chi connectivity index (χ1n) is 10.2. The summed E-state index contributed by atoms with van der Waals surface area (Å²) in [5.74, 6) is -0.320. The number of likely N-dealkylation sites (tertiary alicyclic amines) is 1. The Morgan fingerprint density at radius 1 is 1.18 bits per heavy atom. The van der Waals surface area contributed by atoms with Crippen LogP contribution in [0.25, 0.3) is 0 Å². The molecule has 1 amide bonds. The van der Waals surface area contributed by atoms with Crippen LogP contribution < -0.4 is 10.7 Å². The molecule has 3 heterocycles. The molecule has 3 rings (SSSR count). The number of rotatable bonds is 7. The topological polar surface area (TPSA) is 67.2 Å². The minimum atomic E-state index is -0.320. The number of hydrogen-bond acceptors (Lipinski definition) is 4. The molecule has 6 heteroatoms. The molecule has 1 fully saturated rings. The minimum Gasteiger partial charge on any atom is -0.347 e. The second-order valence-electron chi connectivity index (χ2n) is 7.38. The second kappa shape index (κ2) is 9.64. The van der Waals surface area contributed by atoms with Crippen LogP contribution in [0.3, 0.4) is 0 Å². The second-order valence-corrected chi connectivity index (χ2v) is 7.38. The summed E-state index contributed by atoms with van der Waals surface area (Å²) in [4.78, 5) is 32.1. The van der Waals surface area contributed by atoms with Crippen molar-refractivity contribution in [2.75, 3.05) is 19.6 Å². The molecule has 1 aliphatic heterocycles. The fraction of sp³-hybridized carbons (Fsp3) is 0.500. The number of carbonyl (C=O) groups excluding carboxylic acids is 1. The normalized spacial score (nSPS) is 14.8. The monoisotopic (exact) mass is 382 g/mol. The lowest BCUT2D eigenvalue weighted by Gasteiger charge is -2.28. The number of pyridine rings is 2. The maximum atomic E-state index is 12.8. The van der Waals surface area contributed by atoms with Gasteiger partial charge in [0.15, 0.2) is 5.43 Å². The minimum absolute atomic E-state index is 0.206. The summed E-state index contributed by atoms with van der Waals surface area (Å²) >= 11 is 0. The predicted octanol–water partition coefficient (Wildman–Crippen LogP) is 2.53. The molecule has 0 spiro atoms. The van der Waals surface area contributed by atoms with Gasteiger partial charge in [-0.05, 0) is 51.4 Å². The van der Waals surface area contributed by atoms with Gasteiger partial charge in [0.05, 0.1) is 12.2 Å². The zero-order chi connectivity index (χ0) is 19.9. The van der Waals surface area contributed by atoms with Gasteiger partial charge in [-0.1, -0.05) is 19.4 Å². The Morgan fingerprint density at radius 2 is 1.96 bits per heavy atom. The number of nitrogens with zero attached hydrogens (tertiary/aromatic N) is 3. The van der Waals surface area contributed by atoms with Gasteiger partial charge >= 0.3 is 0 Å². The molecular weight excluding hydrogens is 352 g/mol. The van der Waals surface area contributed by atoms with Gasteiger partial charge in [0, 0.05) is 36.7 Å². The highest BCUT2D eigenvalue weighted by molar-refractivity contribution is 5.95. The van der Waals surface area contributed by atoms with Gasteiger partial charge in [0.1, 0.15) is 5.56 Å². The fourth-order valence-corrected chi connectivity index (χ4v) is 3.94. The number of hydrogen-bond donors (Lipinski definition) is 1. The van der Waals surface area contributed by atoms with Gasteiger partial charge in [-0.3, -0.25) is 14.6 Å². The van der Waals surface area contributed by atoms with Crippen LogP contribution in [0.5, 0.6) is 0 Å². The molecule has 0 unspecified atom stereocenters. The van der Waals surface area contributed by atoms with E-state index in [0.29, 0.717) is 13.0 Å². The van der Waals surface area contributed by atoms with Gasteiger partial charge < -0.3 is 14.8 Å². The standard InChI is InChI=1S/C22H30N4O2/c1-3-19-21(22(28)24-16-18-9-5-6-10-23-18)20(27)15-17(2)26(19)14-13-25-11-7-4-8-12-25/h5-6,9-10,15H,3-4,7-8,11-14,16H2,1-2H3,(H,24,28). The van der Waals surface area contributed by atoms with Gasteiger partial charge in [-0.15, -0.1) is 0 Å². The molecule has 0 saturated carbocycles. The van der Waals surface area contributed by atoms with E-state index in [2.05, 4.69) is 19.8 Å². The van der Waals surface area contributed by atoms with E-state index in [9.17, 15) is 9.59 Å². The van der Waals surface area contributed by atoms with E-state index in [4.69, 9.17) is 0 Å². The molecule has 0 aliphatic carbocycles. The fourth-order valence-electron chi connectivity index (χ4n) is 3.94. The smallest absolute Gasteiger partial charge is 0.257 e. The van der Waals surface area contributed by atoms with Crippen molar-refractivity contribution in [3.05, 3.63) is 63.3 Å². The van der Waals surface area contributed by atoms with Crippen LogP contribution in [0.15, 0.2) is 35.3 Å². The Labute approximate surface area is 166 Å². The Balaban J connectivity index is 1.79. The SMILES string of the molecule is CCc1c(C(=O)NCc2ccccn2)c(=O)cc(C)n1CCN1CCCCC1. The van der Waals surface area contributed by atoms with E-state index in [1.165, 1.54) is 19.3 Å². The summed E-state index contributed by atoms with van der Waals surface area (Å²) < 4.78 is 2.14. The third-order valence-electron chi connectivity index (χ3n) is 5.43. The Morgan fingerprint density at radius 3 is 2.64 bits per heavy atom. The van der Waals surface area contributed by atoms with E-state index < -0.39 is 0 Å². The predicted molar refractivity (Wildman–Crippen MR) is 111 cm³/mol. The lowest BCUT2D eigenvalue weighted by Crippen LogP contribution is -2.36. The van der Waals surface area contributed by atoms with E-state index in [1.54, 1.807) is 12.3 Å². The molecule has 6 nitrogen and oxygen atoms in total. The maximum Gasteiger partial charge on any atom is 0.257 e. The molecule has 150 valence electrons. The highest BCUT2D eigenvalue weighted by Crippen LogP contribution is 2.13. The Kier molecular flexibility index (Phi) is 6.98. The lowest BCUT2D eigenvalue weighted by atomic mass is 10.1. The zero-order valence-corrected chi connectivity index (χ0v) is 16.9. The van der Waals surface area contributed by atoms with Crippen LogP contribution in [-0.2, 0) is 19.5 Å². The van der Waals surface area contributed by atoms with Crippen LogP contribution in [0.2, 0.25) is 0 Å². The summed E-state index contributed by atoms with van der Waals surface area (Å²) in [7, 11) is 0. The summed E-state index contributed by atoms with van der Waals surface area (Å²) in [6.45, 7) is 8.29. The van der Waals surface area contributed by atoms with E-state index in [0.717, 1.165) is 43.3 Å². The molecule has 2 aromatic heterocycles.